The predicted octanol–water partition coefficient (Wildman–Crippen LogP) is 2.65. The monoisotopic (exact) mass is 350 g/mol. The van der Waals surface area contributed by atoms with Crippen LogP contribution < -0.4 is 5.43 Å². The van der Waals surface area contributed by atoms with E-state index < -0.39 is 5.97 Å². The molecular formula is C15H15BrN2O3. The Morgan fingerprint density at radius 3 is 2.71 bits per heavy atom. The first-order chi connectivity index (χ1) is 9.97. The van der Waals surface area contributed by atoms with Crippen molar-refractivity contribution in [2.75, 3.05) is 7.11 Å². The number of ether oxygens (including phenoxy) is 1. The molecule has 0 amide bonds. The number of methoxy groups -OCH3 is 1. The lowest BCUT2D eigenvalue weighted by molar-refractivity contribution is 0.0590. The van der Waals surface area contributed by atoms with Crippen molar-refractivity contribution in [3.63, 3.8) is 0 Å². The molecule has 2 rings (SSSR count). The van der Waals surface area contributed by atoms with Crippen molar-refractivity contribution < 1.29 is 9.53 Å². The highest BCUT2D eigenvalue weighted by molar-refractivity contribution is 9.10. The van der Waals surface area contributed by atoms with Gasteiger partial charge in [0.2, 0.25) is 11.1 Å². The zero-order valence-electron chi connectivity index (χ0n) is 12.0. The Hall–Kier alpha value is -1.95. The lowest BCUT2D eigenvalue weighted by Gasteiger charge is -2.10. The van der Waals surface area contributed by atoms with E-state index in [0.29, 0.717) is 12.0 Å². The van der Waals surface area contributed by atoms with Gasteiger partial charge < -0.3 is 4.74 Å². The van der Waals surface area contributed by atoms with Gasteiger partial charge >= 0.3 is 5.97 Å². The molecule has 0 fully saturated rings. The predicted molar refractivity (Wildman–Crippen MR) is 83.0 cm³/mol. The van der Waals surface area contributed by atoms with Gasteiger partial charge in [-0.05, 0) is 31.0 Å². The van der Waals surface area contributed by atoms with E-state index in [-0.39, 0.29) is 11.1 Å². The molecule has 0 spiro atoms. The molecule has 1 aromatic carbocycles. The first-order valence-corrected chi connectivity index (χ1v) is 7.25. The number of aromatic nitrogens is 2. The van der Waals surface area contributed by atoms with E-state index in [1.54, 1.807) is 6.20 Å². The molecule has 0 radical (unpaired) electrons. The van der Waals surface area contributed by atoms with E-state index in [2.05, 4.69) is 25.8 Å². The Morgan fingerprint density at radius 1 is 1.43 bits per heavy atom. The summed E-state index contributed by atoms with van der Waals surface area (Å²) in [6.45, 7) is 3.83. The Bertz CT molecular complexity index is 753. The maximum absolute atomic E-state index is 12.1. The molecule has 110 valence electrons. The van der Waals surface area contributed by atoms with Crippen LogP contribution in [-0.2, 0) is 11.2 Å². The fraction of sp³-hybridized carbons (Fsp3) is 0.267. The number of rotatable bonds is 3. The molecule has 1 aromatic heterocycles. The maximum Gasteiger partial charge on any atom is 0.362 e. The van der Waals surface area contributed by atoms with Crippen LogP contribution in [0.1, 0.15) is 28.5 Å². The van der Waals surface area contributed by atoms with Crippen LogP contribution in [0.15, 0.2) is 33.7 Å². The quantitative estimate of drug-likeness (QED) is 0.798. The van der Waals surface area contributed by atoms with Gasteiger partial charge in [-0.15, -0.1) is 0 Å². The maximum atomic E-state index is 12.1. The summed E-state index contributed by atoms with van der Waals surface area (Å²) >= 11 is 3.46. The number of halogens is 1. The van der Waals surface area contributed by atoms with E-state index in [4.69, 9.17) is 0 Å². The SMILES string of the molecule is CCc1cn(-c2ccc(C)c(Br)c2)nc(C(=O)OC)c1=O. The molecule has 2 aromatic rings. The normalized spacial score (nSPS) is 10.5. The summed E-state index contributed by atoms with van der Waals surface area (Å²) in [6, 6.07) is 5.69. The first-order valence-electron chi connectivity index (χ1n) is 6.45. The van der Waals surface area contributed by atoms with Crippen LogP contribution in [-0.4, -0.2) is 22.9 Å². The Balaban J connectivity index is 2.66. The third kappa shape index (κ3) is 3.05. The highest BCUT2D eigenvalue weighted by Gasteiger charge is 2.17. The molecular weight excluding hydrogens is 336 g/mol. The van der Waals surface area contributed by atoms with Crippen LogP contribution >= 0.6 is 15.9 Å². The lowest BCUT2D eigenvalue weighted by Crippen LogP contribution is -2.25. The molecule has 0 bridgehead atoms. The van der Waals surface area contributed by atoms with Crippen molar-refractivity contribution in [3.8, 4) is 5.69 Å². The second kappa shape index (κ2) is 6.22. The second-order valence-corrected chi connectivity index (χ2v) is 5.41. The van der Waals surface area contributed by atoms with Gasteiger partial charge in [-0.25, -0.2) is 9.48 Å². The minimum atomic E-state index is -0.727. The average Bonchev–Trinajstić information content (AvgIpc) is 2.49. The number of hydrogen-bond donors (Lipinski definition) is 0. The Morgan fingerprint density at radius 2 is 2.14 bits per heavy atom. The molecule has 5 nitrogen and oxygen atoms in total. The second-order valence-electron chi connectivity index (χ2n) is 4.56. The van der Waals surface area contributed by atoms with Gasteiger partial charge in [0, 0.05) is 16.2 Å². The van der Waals surface area contributed by atoms with Crippen LogP contribution in [0.4, 0.5) is 0 Å². The summed E-state index contributed by atoms with van der Waals surface area (Å²) in [4.78, 5) is 23.8. The molecule has 0 aliphatic heterocycles. The molecule has 0 aliphatic rings. The van der Waals surface area contributed by atoms with E-state index in [1.165, 1.54) is 11.8 Å². The van der Waals surface area contributed by atoms with E-state index >= 15 is 0 Å². The summed E-state index contributed by atoms with van der Waals surface area (Å²) in [5, 5.41) is 4.10. The third-order valence-electron chi connectivity index (χ3n) is 3.17. The molecule has 1 heterocycles. The smallest absolute Gasteiger partial charge is 0.362 e. The zero-order valence-corrected chi connectivity index (χ0v) is 13.6. The molecule has 0 aliphatic carbocycles. The van der Waals surface area contributed by atoms with Crippen LogP contribution in [0.2, 0.25) is 0 Å². The standard InChI is InChI=1S/C15H15BrN2O3/c1-4-10-8-18(11-6-5-9(2)12(16)7-11)17-13(14(10)19)15(20)21-3/h5-8H,4H2,1-3H3. The summed E-state index contributed by atoms with van der Waals surface area (Å²) in [5.74, 6) is -0.727. The fourth-order valence-corrected chi connectivity index (χ4v) is 2.25. The van der Waals surface area contributed by atoms with Crippen molar-refractivity contribution in [1.29, 1.82) is 0 Å². The molecule has 0 N–H and O–H groups in total. The molecule has 6 heteroatoms. The summed E-state index contributed by atoms with van der Waals surface area (Å²) in [5.41, 5.74) is 1.78. The van der Waals surface area contributed by atoms with Crippen LogP contribution in [0.5, 0.6) is 0 Å². The van der Waals surface area contributed by atoms with Gasteiger partial charge in [-0.3, -0.25) is 4.79 Å². The van der Waals surface area contributed by atoms with Gasteiger partial charge in [0.05, 0.1) is 12.8 Å². The Labute approximate surface area is 130 Å². The third-order valence-corrected chi connectivity index (χ3v) is 4.03. The first kappa shape index (κ1) is 15.4. The van der Waals surface area contributed by atoms with Crippen LogP contribution in [0, 0.1) is 6.92 Å². The van der Waals surface area contributed by atoms with Gasteiger partial charge in [-0.1, -0.05) is 28.9 Å². The fourth-order valence-electron chi connectivity index (χ4n) is 1.88. The number of hydrogen-bond acceptors (Lipinski definition) is 4. The van der Waals surface area contributed by atoms with Gasteiger partial charge in [0.25, 0.3) is 0 Å². The number of benzene rings is 1. The van der Waals surface area contributed by atoms with E-state index in [0.717, 1.165) is 15.7 Å². The van der Waals surface area contributed by atoms with Crippen molar-refractivity contribution >= 4 is 21.9 Å². The van der Waals surface area contributed by atoms with Crippen molar-refractivity contribution in [2.24, 2.45) is 0 Å². The van der Waals surface area contributed by atoms with Crippen molar-refractivity contribution in [1.82, 2.24) is 9.78 Å². The molecule has 0 atom stereocenters. The van der Waals surface area contributed by atoms with Crippen molar-refractivity contribution in [3.05, 3.63) is 55.9 Å². The zero-order chi connectivity index (χ0) is 15.6. The topological polar surface area (TPSA) is 61.2 Å². The van der Waals surface area contributed by atoms with Gasteiger partial charge in [0.15, 0.2) is 0 Å². The highest BCUT2D eigenvalue weighted by atomic mass is 79.9. The molecule has 0 saturated carbocycles. The number of carbonyl (C=O) groups is 1. The van der Waals surface area contributed by atoms with E-state index in [1.807, 2.05) is 32.0 Å². The summed E-state index contributed by atoms with van der Waals surface area (Å²) in [6.07, 6.45) is 2.16. The van der Waals surface area contributed by atoms with Gasteiger partial charge in [-0.2, -0.15) is 5.10 Å². The minimum absolute atomic E-state index is 0.200. The van der Waals surface area contributed by atoms with Crippen LogP contribution in [0.25, 0.3) is 5.69 Å². The minimum Gasteiger partial charge on any atom is -0.464 e. The summed E-state index contributed by atoms with van der Waals surface area (Å²) < 4.78 is 7.08. The number of esters is 1. The number of aryl methyl sites for hydroxylation is 2. The summed E-state index contributed by atoms with van der Waals surface area (Å²) in [7, 11) is 1.23. The molecule has 0 saturated heterocycles. The number of carbonyl (C=O) groups excluding carboxylic acids is 1. The average molecular weight is 351 g/mol. The number of nitrogens with zero attached hydrogens (tertiary/aromatic N) is 2. The lowest BCUT2D eigenvalue weighted by atomic mass is 10.2. The highest BCUT2D eigenvalue weighted by Crippen LogP contribution is 2.19. The van der Waals surface area contributed by atoms with Crippen LogP contribution in [0.3, 0.4) is 0 Å². The van der Waals surface area contributed by atoms with E-state index in [9.17, 15) is 9.59 Å². The van der Waals surface area contributed by atoms with Crippen molar-refractivity contribution in [2.45, 2.75) is 20.3 Å². The molecule has 0 unspecified atom stereocenters. The largest absolute Gasteiger partial charge is 0.464 e. The Kier molecular flexibility index (Phi) is 4.57. The van der Waals surface area contributed by atoms with Gasteiger partial charge in [0.1, 0.15) is 0 Å². The molecule has 21 heavy (non-hydrogen) atoms.